The van der Waals surface area contributed by atoms with Crippen molar-refractivity contribution in [3.8, 4) is 0 Å². The van der Waals surface area contributed by atoms with Gasteiger partial charge in [-0.25, -0.2) is 4.79 Å². The maximum atomic E-state index is 13.7. The van der Waals surface area contributed by atoms with Crippen LogP contribution in [-0.2, 0) is 27.3 Å². The molecule has 0 saturated carbocycles. The van der Waals surface area contributed by atoms with E-state index in [-0.39, 0.29) is 17.9 Å². The number of amides is 2. The molecule has 3 aromatic carbocycles. The van der Waals surface area contributed by atoms with Crippen molar-refractivity contribution < 1.29 is 19.1 Å². The lowest BCUT2D eigenvalue weighted by molar-refractivity contribution is -0.144. The molecule has 2 amide bonds. The lowest BCUT2D eigenvalue weighted by atomic mass is 9.97. The lowest BCUT2D eigenvalue weighted by Gasteiger charge is -2.34. The molecule has 168 valence electrons. The van der Waals surface area contributed by atoms with Gasteiger partial charge in [-0.3, -0.25) is 9.59 Å². The van der Waals surface area contributed by atoms with Gasteiger partial charge in [0.05, 0.1) is 11.6 Å². The van der Waals surface area contributed by atoms with E-state index in [4.69, 9.17) is 4.74 Å². The van der Waals surface area contributed by atoms with Gasteiger partial charge in [-0.05, 0) is 41.8 Å². The van der Waals surface area contributed by atoms with Gasteiger partial charge < -0.3 is 15.0 Å². The van der Waals surface area contributed by atoms with Crippen LogP contribution in [0.15, 0.2) is 78.9 Å². The molecule has 4 rings (SSSR count). The third-order valence-corrected chi connectivity index (χ3v) is 5.80. The van der Waals surface area contributed by atoms with E-state index in [0.717, 1.165) is 16.7 Å². The maximum Gasteiger partial charge on any atom is 0.339 e. The van der Waals surface area contributed by atoms with Crippen LogP contribution in [0.4, 0.5) is 5.69 Å². The SMILES string of the molecule is CC(=O)Nc1cccc([C@@H](C)N(Cc2ccccc2)C(=O)[C@@H]2Cc3ccccc3C(=O)O2)c1. The van der Waals surface area contributed by atoms with Gasteiger partial charge >= 0.3 is 5.97 Å². The van der Waals surface area contributed by atoms with E-state index in [1.165, 1.54) is 6.92 Å². The van der Waals surface area contributed by atoms with E-state index in [9.17, 15) is 14.4 Å². The van der Waals surface area contributed by atoms with Crippen LogP contribution in [0.25, 0.3) is 0 Å². The summed E-state index contributed by atoms with van der Waals surface area (Å²) in [5.74, 6) is -0.890. The number of nitrogens with zero attached hydrogens (tertiary/aromatic N) is 1. The highest BCUT2D eigenvalue weighted by Gasteiger charge is 2.35. The number of hydrogen-bond donors (Lipinski definition) is 1. The molecule has 0 spiro atoms. The normalized spacial score (nSPS) is 15.7. The number of esters is 1. The zero-order chi connectivity index (χ0) is 23.4. The van der Waals surface area contributed by atoms with E-state index in [2.05, 4.69) is 5.32 Å². The number of hydrogen-bond acceptors (Lipinski definition) is 4. The molecule has 1 aliphatic rings. The van der Waals surface area contributed by atoms with Crippen LogP contribution < -0.4 is 5.32 Å². The van der Waals surface area contributed by atoms with Crippen LogP contribution in [-0.4, -0.2) is 28.8 Å². The number of ether oxygens (including phenoxy) is 1. The van der Waals surface area contributed by atoms with E-state index >= 15 is 0 Å². The van der Waals surface area contributed by atoms with Crippen molar-refractivity contribution in [2.45, 2.75) is 39.0 Å². The number of fused-ring (bicyclic) bond motifs is 1. The monoisotopic (exact) mass is 442 g/mol. The minimum atomic E-state index is -0.892. The van der Waals surface area contributed by atoms with Crippen LogP contribution in [0.2, 0.25) is 0 Å². The Labute approximate surface area is 193 Å². The first-order valence-corrected chi connectivity index (χ1v) is 10.9. The number of cyclic esters (lactones) is 1. The molecule has 2 atom stereocenters. The Morgan fingerprint density at radius 1 is 1.03 bits per heavy atom. The molecule has 0 bridgehead atoms. The summed E-state index contributed by atoms with van der Waals surface area (Å²) in [4.78, 5) is 39.5. The Hall–Kier alpha value is -3.93. The standard InChI is InChI=1S/C27H26N2O4/c1-18(21-12-8-13-23(15-21)28-19(2)30)29(17-20-9-4-3-5-10-20)26(31)25-16-22-11-6-7-14-24(22)27(32)33-25/h3-15,18,25H,16-17H2,1-2H3,(H,28,30)/t18-,25+/m1/s1. The highest BCUT2D eigenvalue weighted by Crippen LogP contribution is 2.29. The van der Waals surface area contributed by atoms with Gasteiger partial charge in [0.25, 0.3) is 5.91 Å². The van der Waals surface area contributed by atoms with Crippen molar-refractivity contribution >= 4 is 23.5 Å². The fourth-order valence-electron chi connectivity index (χ4n) is 4.10. The van der Waals surface area contributed by atoms with Crippen LogP contribution in [0.5, 0.6) is 0 Å². The summed E-state index contributed by atoms with van der Waals surface area (Å²) in [5.41, 5.74) is 3.82. The summed E-state index contributed by atoms with van der Waals surface area (Å²) in [6.07, 6.45) is -0.554. The topological polar surface area (TPSA) is 75.7 Å². The molecule has 6 nitrogen and oxygen atoms in total. The molecule has 1 heterocycles. The van der Waals surface area contributed by atoms with Gasteiger partial charge in [0, 0.05) is 25.6 Å². The van der Waals surface area contributed by atoms with Crippen molar-refractivity contribution in [2.24, 2.45) is 0 Å². The van der Waals surface area contributed by atoms with Crippen molar-refractivity contribution in [2.75, 3.05) is 5.32 Å². The average Bonchev–Trinajstić information content (AvgIpc) is 2.82. The number of anilines is 1. The van der Waals surface area contributed by atoms with Crippen molar-refractivity contribution in [3.05, 3.63) is 101 Å². The predicted octanol–water partition coefficient (Wildman–Crippen LogP) is 4.52. The average molecular weight is 443 g/mol. The molecular weight excluding hydrogens is 416 g/mol. The second kappa shape index (κ2) is 9.69. The molecule has 0 aromatic heterocycles. The quantitative estimate of drug-likeness (QED) is 0.570. The molecule has 1 N–H and O–H groups in total. The van der Waals surface area contributed by atoms with Crippen LogP contribution in [0.3, 0.4) is 0 Å². The third kappa shape index (κ3) is 5.12. The molecule has 0 radical (unpaired) electrons. The summed E-state index contributed by atoms with van der Waals surface area (Å²) in [5, 5.41) is 2.79. The van der Waals surface area contributed by atoms with Crippen molar-refractivity contribution in [1.29, 1.82) is 0 Å². The minimum Gasteiger partial charge on any atom is -0.448 e. The Kier molecular flexibility index (Phi) is 6.54. The summed E-state index contributed by atoms with van der Waals surface area (Å²) in [6.45, 7) is 3.75. The smallest absolute Gasteiger partial charge is 0.339 e. The minimum absolute atomic E-state index is 0.162. The van der Waals surface area contributed by atoms with E-state index in [1.807, 2.05) is 67.6 Å². The summed E-state index contributed by atoms with van der Waals surface area (Å²) in [7, 11) is 0. The van der Waals surface area contributed by atoms with Crippen molar-refractivity contribution in [1.82, 2.24) is 4.90 Å². The Bertz CT molecular complexity index is 1180. The third-order valence-electron chi connectivity index (χ3n) is 5.80. The fourth-order valence-corrected chi connectivity index (χ4v) is 4.10. The fraction of sp³-hybridized carbons (Fsp3) is 0.222. The van der Waals surface area contributed by atoms with E-state index in [0.29, 0.717) is 24.2 Å². The largest absolute Gasteiger partial charge is 0.448 e. The molecule has 33 heavy (non-hydrogen) atoms. The first-order chi connectivity index (χ1) is 15.9. The van der Waals surface area contributed by atoms with Gasteiger partial charge in [-0.1, -0.05) is 60.7 Å². The van der Waals surface area contributed by atoms with Gasteiger partial charge in [-0.15, -0.1) is 0 Å². The summed E-state index contributed by atoms with van der Waals surface area (Å²) >= 11 is 0. The van der Waals surface area contributed by atoms with Crippen LogP contribution in [0.1, 0.15) is 46.9 Å². The first-order valence-electron chi connectivity index (χ1n) is 10.9. The Morgan fingerprint density at radius 3 is 2.52 bits per heavy atom. The highest BCUT2D eigenvalue weighted by molar-refractivity contribution is 5.96. The molecule has 0 aliphatic carbocycles. The zero-order valence-corrected chi connectivity index (χ0v) is 18.7. The van der Waals surface area contributed by atoms with Gasteiger partial charge in [0.1, 0.15) is 0 Å². The number of nitrogens with one attached hydrogen (secondary N) is 1. The second-order valence-corrected chi connectivity index (χ2v) is 8.19. The number of rotatable bonds is 6. The van der Waals surface area contributed by atoms with Crippen LogP contribution in [0, 0.1) is 0 Å². The molecule has 0 saturated heterocycles. The Morgan fingerprint density at radius 2 is 1.76 bits per heavy atom. The van der Waals surface area contributed by atoms with Crippen molar-refractivity contribution in [3.63, 3.8) is 0 Å². The van der Waals surface area contributed by atoms with Gasteiger partial charge in [0.15, 0.2) is 6.10 Å². The molecule has 0 fully saturated rings. The van der Waals surface area contributed by atoms with E-state index in [1.54, 1.807) is 23.1 Å². The van der Waals surface area contributed by atoms with Crippen LogP contribution >= 0.6 is 0 Å². The molecule has 3 aromatic rings. The predicted molar refractivity (Wildman–Crippen MR) is 126 cm³/mol. The highest BCUT2D eigenvalue weighted by atomic mass is 16.5. The van der Waals surface area contributed by atoms with Gasteiger partial charge in [0.2, 0.25) is 5.91 Å². The first kappa shape index (κ1) is 22.3. The number of benzene rings is 3. The van der Waals surface area contributed by atoms with Gasteiger partial charge in [-0.2, -0.15) is 0 Å². The molecule has 6 heteroatoms. The summed E-state index contributed by atoms with van der Waals surface area (Å²) in [6, 6.07) is 24.0. The zero-order valence-electron chi connectivity index (χ0n) is 18.7. The number of carbonyl (C=O) groups excluding carboxylic acids is 3. The lowest BCUT2D eigenvalue weighted by Crippen LogP contribution is -2.45. The Balaban J connectivity index is 1.64. The number of carbonyl (C=O) groups is 3. The molecule has 1 aliphatic heterocycles. The maximum absolute atomic E-state index is 13.7. The van der Waals surface area contributed by atoms with E-state index < -0.39 is 12.1 Å². The molecular formula is C27H26N2O4. The molecule has 0 unspecified atom stereocenters. The summed E-state index contributed by atoms with van der Waals surface area (Å²) < 4.78 is 5.57. The second-order valence-electron chi connectivity index (χ2n) is 8.19.